The van der Waals surface area contributed by atoms with Gasteiger partial charge < -0.3 is 9.73 Å². The standard InChI is InChI=1S/C13H15F2NO/c1-8(2)16-6-5-9-7-17-13-10(9)3-4-11(14)12(13)15/h3-4,7-8,16H,5-6H2,1-2H3. The Morgan fingerprint density at radius 1 is 1.29 bits per heavy atom. The zero-order valence-electron chi connectivity index (χ0n) is 9.89. The van der Waals surface area contributed by atoms with E-state index in [9.17, 15) is 8.78 Å². The van der Waals surface area contributed by atoms with Gasteiger partial charge in [0.05, 0.1) is 6.26 Å². The van der Waals surface area contributed by atoms with Crippen molar-refractivity contribution in [3.05, 3.63) is 35.6 Å². The van der Waals surface area contributed by atoms with E-state index < -0.39 is 11.6 Å². The topological polar surface area (TPSA) is 25.2 Å². The van der Waals surface area contributed by atoms with Gasteiger partial charge in [0.15, 0.2) is 11.4 Å². The summed E-state index contributed by atoms with van der Waals surface area (Å²) in [5, 5.41) is 3.91. The van der Waals surface area contributed by atoms with Crippen molar-refractivity contribution in [3.63, 3.8) is 0 Å². The van der Waals surface area contributed by atoms with E-state index in [1.165, 1.54) is 6.26 Å². The van der Waals surface area contributed by atoms with Crippen molar-refractivity contribution in [1.29, 1.82) is 0 Å². The fourth-order valence-corrected chi connectivity index (χ4v) is 1.78. The van der Waals surface area contributed by atoms with E-state index in [1.807, 2.05) is 0 Å². The third-order valence-electron chi connectivity index (χ3n) is 2.66. The lowest BCUT2D eigenvalue weighted by Crippen LogP contribution is -2.24. The summed E-state index contributed by atoms with van der Waals surface area (Å²) in [6.07, 6.45) is 2.23. The lowest BCUT2D eigenvalue weighted by Gasteiger charge is -2.06. The second-order valence-electron chi connectivity index (χ2n) is 4.36. The second kappa shape index (κ2) is 4.84. The number of hydrogen-bond acceptors (Lipinski definition) is 2. The molecule has 0 radical (unpaired) electrons. The van der Waals surface area contributed by atoms with Crippen molar-refractivity contribution in [2.24, 2.45) is 0 Å². The monoisotopic (exact) mass is 239 g/mol. The summed E-state index contributed by atoms with van der Waals surface area (Å²) < 4.78 is 31.4. The van der Waals surface area contributed by atoms with E-state index in [0.717, 1.165) is 24.6 Å². The number of hydrogen-bond donors (Lipinski definition) is 1. The van der Waals surface area contributed by atoms with Gasteiger partial charge in [-0.25, -0.2) is 4.39 Å². The van der Waals surface area contributed by atoms with Crippen LogP contribution >= 0.6 is 0 Å². The zero-order chi connectivity index (χ0) is 12.4. The van der Waals surface area contributed by atoms with Gasteiger partial charge in [0.2, 0.25) is 5.82 Å². The molecule has 17 heavy (non-hydrogen) atoms. The summed E-state index contributed by atoms with van der Waals surface area (Å²) in [5.74, 6) is -1.79. The highest BCUT2D eigenvalue weighted by molar-refractivity contribution is 5.81. The molecule has 2 aromatic rings. The van der Waals surface area contributed by atoms with E-state index in [1.54, 1.807) is 6.07 Å². The molecule has 0 atom stereocenters. The van der Waals surface area contributed by atoms with Crippen LogP contribution in [0.5, 0.6) is 0 Å². The maximum absolute atomic E-state index is 13.4. The molecule has 0 unspecified atom stereocenters. The second-order valence-corrected chi connectivity index (χ2v) is 4.36. The fraction of sp³-hybridized carbons (Fsp3) is 0.385. The summed E-state index contributed by atoms with van der Waals surface area (Å²) in [6.45, 7) is 4.90. The van der Waals surface area contributed by atoms with Crippen molar-refractivity contribution in [2.45, 2.75) is 26.3 Å². The molecular formula is C13H15F2NO. The number of furan rings is 1. The maximum Gasteiger partial charge on any atom is 0.201 e. The largest absolute Gasteiger partial charge is 0.461 e. The Balaban J connectivity index is 2.22. The lowest BCUT2D eigenvalue weighted by molar-refractivity contribution is 0.491. The van der Waals surface area contributed by atoms with Gasteiger partial charge in [-0.3, -0.25) is 0 Å². The molecule has 0 bridgehead atoms. The highest BCUT2D eigenvalue weighted by Crippen LogP contribution is 2.25. The van der Waals surface area contributed by atoms with Crippen LogP contribution in [0.1, 0.15) is 19.4 Å². The van der Waals surface area contributed by atoms with E-state index in [4.69, 9.17) is 4.42 Å². The van der Waals surface area contributed by atoms with Gasteiger partial charge in [-0.05, 0) is 30.7 Å². The zero-order valence-corrected chi connectivity index (χ0v) is 9.89. The smallest absolute Gasteiger partial charge is 0.201 e. The molecule has 2 rings (SSSR count). The van der Waals surface area contributed by atoms with E-state index in [0.29, 0.717) is 11.4 Å². The molecule has 92 valence electrons. The molecule has 0 saturated heterocycles. The first kappa shape index (κ1) is 12.0. The molecule has 0 spiro atoms. The van der Waals surface area contributed by atoms with Gasteiger partial charge in [-0.1, -0.05) is 13.8 Å². The third-order valence-corrected chi connectivity index (χ3v) is 2.66. The predicted octanol–water partition coefficient (Wildman–Crippen LogP) is 3.25. The molecular weight excluding hydrogens is 224 g/mol. The highest BCUT2D eigenvalue weighted by atomic mass is 19.2. The van der Waals surface area contributed by atoms with E-state index >= 15 is 0 Å². The number of halogens is 2. The fourth-order valence-electron chi connectivity index (χ4n) is 1.78. The Morgan fingerprint density at radius 3 is 2.76 bits per heavy atom. The third kappa shape index (κ3) is 2.47. The van der Waals surface area contributed by atoms with Gasteiger partial charge in [-0.2, -0.15) is 4.39 Å². The molecule has 1 aromatic heterocycles. The summed E-state index contributed by atoms with van der Waals surface area (Å²) in [6, 6.07) is 3.09. The predicted molar refractivity (Wildman–Crippen MR) is 63.0 cm³/mol. The van der Waals surface area contributed by atoms with Crippen LogP contribution in [0, 0.1) is 11.6 Å². The summed E-state index contributed by atoms with van der Waals surface area (Å²) in [7, 11) is 0. The van der Waals surface area contributed by atoms with E-state index in [-0.39, 0.29) is 5.58 Å². The SMILES string of the molecule is CC(C)NCCc1coc2c(F)c(F)ccc12. The van der Waals surface area contributed by atoms with Crippen LogP contribution in [0.4, 0.5) is 8.78 Å². The molecule has 0 fully saturated rings. The minimum Gasteiger partial charge on any atom is -0.461 e. The minimum atomic E-state index is -0.912. The summed E-state index contributed by atoms with van der Waals surface area (Å²) >= 11 is 0. The van der Waals surface area contributed by atoms with Crippen LogP contribution in [-0.2, 0) is 6.42 Å². The Morgan fingerprint density at radius 2 is 2.06 bits per heavy atom. The molecule has 2 nitrogen and oxygen atoms in total. The maximum atomic E-state index is 13.4. The molecule has 0 saturated carbocycles. The van der Waals surface area contributed by atoms with Gasteiger partial charge in [-0.15, -0.1) is 0 Å². The van der Waals surface area contributed by atoms with Gasteiger partial charge in [0, 0.05) is 11.4 Å². The van der Waals surface area contributed by atoms with Gasteiger partial charge in [0.25, 0.3) is 0 Å². The molecule has 1 aromatic carbocycles. The summed E-state index contributed by atoms with van der Waals surface area (Å²) in [5.41, 5.74) is 0.900. The number of rotatable bonds is 4. The Labute approximate surface area is 98.6 Å². The summed E-state index contributed by atoms with van der Waals surface area (Å²) in [4.78, 5) is 0. The lowest BCUT2D eigenvalue weighted by atomic mass is 10.1. The van der Waals surface area contributed by atoms with Gasteiger partial charge in [0.1, 0.15) is 0 Å². The Hall–Kier alpha value is -1.42. The van der Waals surface area contributed by atoms with Crippen LogP contribution in [0.15, 0.2) is 22.8 Å². The average molecular weight is 239 g/mol. The number of benzene rings is 1. The molecule has 0 aliphatic heterocycles. The van der Waals surface area contributed by atoms with E-state index in [2.05, 4.69) is 19.2 Å². The number of fused-ring (bicyclic) bond motifs is 1. The first-order chi connectivity index (χ1) is 8.09. The molecule has 0 aliphatic rings. The van der Waals surface area contributed by atoms with Crippen molar-refractivity contribution in [1.82, 2.24) is 5.32 Å². The quantitative estimate of drug-likeness (QED) is 0.886. The van der Waals surface area contributed by atoms with Crippen molar-refractivity contribution in [2.75, 3.05) is 6.54 Å². The van der Waals surface area contributed by atoms with Gasteiger partial charge >= 0.3 is 0 Å². The van der Waals surface area contributed by atoms with Crippen LogP contribution < -0.4 is 5.32 Å². The van der Waals surface area contributed by atoms with Crippen LogP contribution in [0.3, 0.4) is 0 Å². The Bertz CT molecular complexity index is 519. The molecule has 1 heterocycles. The normalized spacial score (nSPS) is 11.6. The van der Waals surface area contributed by atoms with Crippen LogP contribution in [0.2, 0.25) is 0 Å². The first-order valence-corrected chi connectivity index (χ1v) is 5.67. The highest BCUT2D eigenvalue weighted by Gasteiger charge is 2.13. The molecule has 0 amide bonds. The van der Waals surface area contributed by atoms with Crippen molar-refractivity contribution >= 4 is 11.0 Å². The minimum absolute atomic E-state index is 0.00421. The molecule has 4 heteroatoms. The van der Waals surface area contributed by atoms with Crippen LogP contribution in [0.25, 0.3) is 11.0 Å². The van der Waals surface area contributed by atoms with Crippen molar-refractivity contribution in [3.8, 4) is 0 Å². The van der Waals surface area contributed by atoms with Crippen molar-refractivity contribution < 1.29 is 13.2 Å². The van der Waals surface area contributed by atoms with Crippen LogP contribution in [-0.4, -0.2) is 12.6 Å². The number of nitrogens with one attached hydrogen (secondary N) is 1. The molecule has 0 aliphatic carbocycles. The first-order valence-electron chi connectivity index (χ1n) is 5.67. The Kier molecular flexibility index (Phi) is 3.43. The molecule has 1 N–H and O–H groups in total. The average Bonchev–Trinajstić information content (AvgIpc) is 2.67.